The number of nitrogens with zero attached hydrogens (tertiary/aromatic N) is 3. The molecule has 1 aromatic carbocycles. The Morgan fingerprint density at radius 3 is 2.95 bits per heavy atom. The lowest BCUT2D eigenvalue weighted by Gasteiger charge is -2.23. The molecule has 0 atom stereocenters. The summed E-state index contributed by atoms with van der Waals surface area (Å²) in [6.45, 7) is 1.61. The standard InChI is InChI=1S/C15H18N4OS/c1-16-13-10-14(18-15(17-13)21-2)19-8-5-9-20-12-7-4-3-6-11(12)19/h3-4,6-7,10H,5,8-9H2,1-2H3,(H,16,17,18). The van der Waals surface area contributed by atoms with Crippen molar-refractivity contribution in [1.29, 1.82) is 0 Å². The van der Waals surface area contributed by atoms with Gasteiger partial charge in [-0.15, -0.1) is 0 Å². The van der Waals surface area contributed by atoms with Gasteiger partial charge in [-0.3, -0.25) is 0 Å². The zero-order valence-electron chi connectivity index (χ0n) is 12.2. The van der Waals surface area contributed by atoms with E-state index in [1.165, 1.54) is 0 Å². The quantitative estimate of drug-likeness (QED) is 0.694. The fourth-order valence-electron chi connectivity index (χ4n) is 2.34. The summed E-state index contributed by atoms with van der Waals surface area (Å²) >= 11 is 1.54. The second kappa shape index (κ2) is 6.22. The van der Waals surface area contributed by atoms with E-state index < -0.39 is 0 Å². The van der Waals surface area contributed by atoms with Crippen LogP contribution < -0.4 is 15.0 Å². The first-order valence-corrected chi connectivity index (χ1v) is 8.14. The molecule has 0 saturated carbocycles. The van der Waals surface area contributed by atoms with Crippen LogP contribution in [0.2, 0.25) is 0 Å². The van der Waals surface area contributed by atoms with E-state index in [2.05, 4.69) is 26.3 Å². The van der Waals surface area contributed by atoms with Gasteiger partial charge in [0.15, 0.2) is 5.16 Å². The molecule has 0 fully saturated rings. The number of hydrogen-bond donors (Lipinski definition) is 1. The molecule has 0 amide bonds. The van der Waals surface area contributed by atoms with E-state index in [4.69, 9.17) is 4.74 Å². The van der Waals surface area contributed by atoms with E-state index in [1.54, 1.807) is 11.8 Å². The Morgan fingerprint density at radius 2 is 2.14 bits per heavy atom. The van der Waals surface area contributed by atoms with Crippen molar-refractivity contribution < 1.29 is 4.74 Å². The van der Waals surface area contributed by atoms with Gasteiger partial charge >= 0.3 is 0 Å². The Kier molecular flexibility index (Phi) is 4.15. The average molecular weight is 302 g/mol. The molecule has 1 N–H and O–H groups in total. The monoisotopic (exact) mass is 302 g/mol. The van der Waals surface area contributed by atoms with Crippen LogP contribution in [0.1, 0.15) is 6.42 Å². The molecular formula is C15H18N4OS. The van der Waals surface area contributed by atoms with Gasteiger partial charge in [0.1, 0.15) is 17.4 Å². The van der Waals surface area contributed by atoms with Crippen LogP contribution in [0.25, 0.3) is 0 Å². The normalized spacial score (nSPS) is 14.1. The van der Waals surface area contributed by atoms with Crippen molar-refractivity contribution in [2.45, 2.75) is 11.6 Å². The van der Waals surface area contributed by atoms with Gasteiger partial charge in [-0.25, -0.2) is 9.97 Å². The molecule has 2 heterocycles. The summed E-state index contributed by atoms with van der Waals surface area (Å²) in [7, 11) is 1.87. The van der Waals surface area contributed by atoms with E-state index in [-0.39, 0.29) is 0 Å². The van der Waals surface area contributed by atoms with Gasteiger partial charge in [-0.2, -0.15) is 0 Å². The summed E-state index contributed by atoms with van der Waals surface area (Å²) in [5, 5.41) is 3.86. The number of para-hydroxylation sites is 2. The smallest absolute Gasteiger partial charge is 0.191 e. The van der Waals surface area contributed by atoms with Crippen LogP contribution in [-0.2, 0) is 0 Å². The Hall–Kier alpha value is -1.95. The molecule has 3 rings (SSSR count). The zero-order chi connectivity index (χ0) is 14.7. The van der Waals surface area contributed by atoms with Crippen molar-refractivity contribution in [2.24, 2.45) is 0 Å². The first-order valence-electron chi connectivity index (χ1n) is 6.92. The molecule has 1 aliphatic heterocycles. The Balaban J connectivity index is 2.07. The largest absolute Gasteiger partial charge is 0.491 e. The van der Waals surface area contributed by atoms with Gasteiger partial charge in [0.05, 0.1) is 12.3 Å². The first kappa shape index (κ1) is 14.0. The summed E-state index contributed by atoms with van der Waals surface area (Å²) < 4.78 is 5.81. The second-order valence-corrected chi connectivity index (χ2v) is 5.44. The maximum absolute atomic E-state index is 5.81. The third kappa shape index (κ3) is 2.90. The first-order chi connectivity index (χ1) is 10.3. The van der Waals surface area contributed by atoms with Crippen LogP contribution >= 0.6 is 11.8 Å². The van der Waals surface area contributed by atoms with Gasteiger partial charge in [0.2, 0.25) is 0 Å². The Bertz CT molecular complexity index is 613. The molecule has 6 heteroatoms. The van der Waals surface area contributed by atoms with E-state index in [0.29, 0.717) is 0 Å². The van der Waals surface area contributed by atoms with E-state index in [0.717, 1.165) is 47.8 Å². The zero-order valence-corrected chi connectivity index (χ0v) is 13.0. The third-order valence-corrected chi connectivity index (χ3v) is 3.89. The van der Waals surface area contributed by atoms with Crippen molar-refractivity contribution in [3.8, 4) is 5.75 Å². The molecule has 1 aliphatic rings. The highest BCUT2D eigenvalue weighted by Gasteiger charge is 2.19. The third-order valence-electron chi connectivity index (χ3n) is 3.35. The Labute approximate surface area is 128 Å². The van der Waals surface area contributed by atoms with E-state index >= 15 is 0 Å². The summed E-state index contributed by atoms with van der Waals surface area (Å²) in [5.41, 5.74) is 1.06. The topological polar surface area (TPSA) is 50.3 Å². The average Bonchev–Trinajstić information content (AvgIpc) is 2.76. The van der Waals surface area contributed by atoms with Gasteiger partial charge in [0, 0.05) is 19.7 Å². The lowest BCUT2D eigenvalue weighted by atomic mass is 10.2. The summed E-state index contributed by atoms with van der Waals surface area (Å²) in [6.07, 6.45) is 2.94. The minimum atomic E-state index is 0.729. The predicted octanol–water partition coefficient (Wildman–Crippen LogP) is 3.16. The summed E-state index contributed by atoms with van der Waals surface area (Å²) in [5.74, 6) is 2.63. The number of thioether (sulfide) groups is 1. The minimum absolute atomic E-state index is 0.729. The van der Waals surface area contributed by atoms with Crippen molar-refractivity contribution >= 4 is 29.1 Å². The second-order valence-electron chi connectivity index (χ2n) is 4.67. The van der Waals surface area contributed by atoms with Crippen LogP contribution in [0.5, 0.6) is 5.75 Å². The molecule has 1 aromatic heterocycles. The fraction of sp³-hybridized carbons (Fsp3) is 0.333. The number of fused-ring (bicyclic) bond motifs is 1. The van der Waals surface area contributed by atoms with Crippen molar-refractivity contribution in [3.05, 3.63) is 30.3 Å². The Morgan fingerprint density at radius 1 is 1.29 bits per heavy atom. The highest BCUT2D eigenvalue weighted by molar-refractivity contribution is 7.98. The van der Waals surface area contributed by atoms with Gasteiger partial charge in [-0.1, -0.05) is 23.9 Å². The van der Waals surface area contributed by atoms with Crippen LogP contribution in [0.4, 0.5) is 17.3 Å². The van der Waals surface area contributed by atoms with Crippen LogP contribution in [0.3, 0.4) is 0 Å². The number of hydrogen-bond acceptors (Lipinski definition) is 6. The molecular weight excluding hydrogens is 284 g/mol. The van der Waals surface area contributed by atoms with Crippen LogP contribution in [0.15, 0.2) is 35.5 Å². The number of rotatable bonds is 3. The van der Waals surface area contributed by atoms with Crippen molar-refractivity contribution in [2.75, 3.05) is 36.7 Å². The molecule has 0 unspecified atom stereocenters. The highest BCUT2D eigenvalue weighted by Crippen LogP contribution is 2.35. The number of nitrogens with one attached hydrogen (secondary N) is 1. The minimum Gasteiger partial charge on any atom is -0.491 e. The molecule has 5 nitrogen and oxygen atoms in total. The molecule has 0 radical (unpaired) electrons. The van der Waals surface area contributed by atoms with Gasteiger partial charge < -0.3 is 15.0 Å². The van der Waals surface area contributed by atoms with E-state index in [9.17, 15) is 0 Å². The number of benzene rings is 1. The number of anilines is 3. The summed E-state index contributed by atoms with van der Waals surface area (Å²) in [4.78, 5) is 11.3. The molecule has 21 heavy (non-hydrogen) atoms. The molecule has 0 spiro atoms. The molecule has 110 valence electrons. The van der Waals surface area contributed by atoms with Crippen LogP contribution in [-0.4, -0.2) is 36.4 Å². The maximum Gasteiger partial charge on any atom is 0.191 e. The lowest BCUT2D eigenvalue weighted by Crippen LogP contribution is -2.19. The van der Waals surface area contributed by atoms with Crippen molar-refractivity contribution in [1.82, 2.24) is 9.97 Å². The molecule has 0 saturated heterocycles. The van der Waals surface area contributed by atoms with Crippen molar-refractivity contribution in [3.63, 3.8) is 0 Å². The van der Waals surface area contributed by atoms with Gasteiger partial charge in [0.25, 0.3) is 0 Å². The fourth-order valence-corrected chi connectivity index (χ4v) is 2.71. The van der Waals surface area contributed by atoms with E-state index in [1.807, 2.05) is 37.6 Å². The predicted molar refractivity (Wildman–Crippen MR) is 86.9 cm³/mol. The lowest BCUT2D eigenvalue weighted by molar-refractivity contribution is 0.322. The molecule has 2 aromatic rings. The highest BCUT2D eigenvalue weighted by atomic mass is 32.2. The molecule has 0 bridgehead atoms. The van der Waals surface area contributed by atoms with Crippen LogP contribution in [0, 0.1) is 0 Å². The summed E-state index contributed by atoms with van der Waals surface area (Å²) in [6, 6.07) is 10.1. The molecule has 0 aliphatic carbocycles. The SMILES string of the molecule is CNc1cc(N2CCCOc3ccccc32)nc(SC)n1. The number of aromatic nitrogens is 2. The maximum atomic E-state index is 5.81. The van der Waals surface area contributed by atoms with Gasteiger partial charge in [-0.05, 0) is 24.8 Å². The number of ether oxygens (including phenoxy) is 1.